The highest BCUT2D eigenvalue weighted by molar-refractivity contribution is 7.45. The first-order valence-corrected chi connectivity index (χ1v) is 17.3. The Labute approximate surface area is 236 Å². The van der Waals surface area contributed by atoms with Crippen LogP contribution in [0.25, 0.3) is 0 Å². The first-order chi connectivity index (χ1) is 18.2. The first kappa shape index (κ1) is 38.0. The third-order valence-corrected chi connectivity index (χ3v) is 7.95. The number of hydrogen-bond donors (Lipinski definition) is 1. The van der Waals surface area contributed by atoms with Gasteiger partial charge in [0, 0.05) is 6.61 Å². The van der Waals surface area contributed by atoms with Gasteiger partial charge in [0.25, 0.3) is 7.82 Å². The molecule has 0 spiro atoms. The number of quaternary nitrogens is 1. The average Bonchev–Trinajstić information content (AvgIpc) is 2.85. The van der Waals surface area contributed by atoms with Gasteiger partial charge >= 0.3 is 0 Å². The Bertz CT molecular complexity index is 543. The maximum Gasteiger partial charge on any atom is 0.268 e. The number of likely N-dealkylation sites (N-methyl/N-ethyl adjacent to an activating group) is 1. The highest BCUT2D eigenvalue weighted by Gasteiger charge is 2.16. The molecule has 0 aliphatic rings. The first-order valence-electron chi connectivity index (χ1n) is 15.8. The lowest BCUT2D eigenvalue weighted by Gasteiger charge is -2.28. The number of rotatable bonds is 30. The maximum atomic E-state index is 11.8. The Balaban J connectivity index is 3.43. The summed E-state index contributed by atoms with van der Waals surface area (Å²) in [4.78, 5) is 11.8. The third kappa shape index (κ3) is 29.0. The number of nitrogens with zero attached hydrogens (tertiary/aromatic N) is 1. The Hall–Kier alpha value is -0.0100. The highest BCUT2D eigenvalue weighted by atomic mass is 31.2. The molecule has 2 atom stereocenters. The third-order valence-electron chi connectivity index (χ3n) is 6.99. The topological polar surface area (TPSA) is 88.0 Å². The normalized spacial score (nSPS) is 14.6. The number of phosphoric ester groups is 1. The fourth-order valence-electron chi connectivity index (χ4n) is 4.40. The summed E-state index contributed by atoms with van der Waals surface area (Å²) in [7, 11) is 1.49. The van der Waals surface area contributed by atoms with E-state index >= 15 is 0 Å². The molecule has 230 valence electrons. The van der Waals surface area contributed by atoms with Gasteiger partial charge in [-0.1, -0.05) is 129 Å². The second kappa shape index (κ2) is 25.9. The minimum atomic E-state index is -4.38. The number of ether oxygens (including phenoxy) is 1. The zero-order chi connectivity index (χ0) is 28.4. The molecule has 7 nitrogen and oxygen atoms in total. The molecule has 0 aromatic rings. The van der Waals surface area contributed by atoms with Crippen molar-refractivity contribution in [3.8, 4) is 0 Å². The molecule has 38 heavy (non-hydrogen) atoms. The molecule has 0 radical (unpaired) electrons. The molecule has 8 heteroatoms. The lowest BCUT2D eigenvalue weighted by atomic mass is 10.0. The number of hydrogen-bond acceptors (Lipinski definition) is 6. The lowest BCUT2D eigenvalue weighted by Crippen LogP contribution is -2.37. The number of unbranched alkanes of at least 4 members (excludes halogenated alkanes) is 19. The predicted octanol–water partition coefficient (Wildman–Crippen LogP) is 7.39. The van der Waals surface area contributed by atoms with Crippen LogP contribution in [0, 0.1) is 0 Å². The van der Waals surface area contributed by atoms with Crippen molar-refractivity contribution in [2.45, 2.75) is 141 Å². The molecule has 0 amide bonds. The number of aliphatic hydroxyl groups is 1. The molecular weight excluding hydrogens is 501 g/mol. The van der Waals surface area contributed by atoms with Crippen molar-refractivity contribution < 1.29 is 32.8 Å². The van der Waals surface area contributed by atoms with Crippen molar-refractivity contribution in [2.75, 3.05) is 54.1 Å². The molecule has 0 heterocycles. The highest BCUT2D eigenvalue weighted by Crippen LogP contribution is 2.38. The van der Waals surface area contributed by atoms with Crippen LogP contribution in [0.15, 0.2) is 0 Å². The van der Waals surface area contributed by atoms with Crippen LogP contribution < -0.4 is 4.89 Å². The number of phosphoric acid groups is 1. The van der Waals surface area contributed by atoms with Crippen LogP contribution in [0.3, 0.4) is 0 Å². The molecule has 0 saturated carbocycles. The summed E-state index contributed by atoms with van der Waals surface area (Å²) >= 11 is 0. The van der Waals surface area contributed by atoms with Gasteiger partial charge in [0.1, 0.15) is 19.3 Å². The van der Waals surface area contributed by atoms with Crippen LogP contribution in [0.5, 0.6) is 0 Å². The van der Waals surface area contributed by atoms with E-state index in [1.54, 1.807) is 0 Å². The van der Waals surface area contributed by atoms with Gasteiger partial charge in [0.15, 0.2) is 0 Å². The molecule has 0 saturated heterocycles. The van der Waals surface area contributed by atoms with Gasteiger partial charge in [-0.05, 0) is 6.42 Å². The molecule has 0 aliphatic heterocycles. The fraction of sp³-hybridized carbons (Fsp3) is 1.00. The Morgan fingerprint density at radius 2 is 1.05 bits per heavy atom. The van der Waals surface area contributed by atoms with E-state index in [1.165, 1.54) is 116 Å². The van der Waals surface area contributed by atoms with E-state index in [1.807, 2.05) is 21.1 Å². The Morgan fingerprint density at radius 3 is 1.42 bits per heavy atom. The molecule has 1 N–H and O–H groups in total. The minimum absolute atomic E-state index is 0.0638. The van der Waals surface area contributed by atoms with E-state index in [0.29, 0.717) is 17.6 Å². The Morgan fingerprint density at radius 1 is 0.658 bits per heavy atom. The zero-order valence-electron chi connectivity index (χ0n) is 25.6. The molecule has 0 aliphatic carbocycles. The monoisotopic (exact) mass is 565 g/mol. The minimum Gasteiger partial charge on any atom is -0.756 e. The summed E-state index contributed by atoms with van der Waals surface area (Å²) in [5, 5.41) is 9.43. The van der Waals surface area contributed by atoms with Gasteiger partial charge in [-0.2, -0.15) is 0 Å². The van der Waals surface area contributed by atoms with Crippen molar-refractivity contribution in [3.05, 3.63) is 0 Å². The second-order valence-corrected chi connectivity index (χ2v) is 13.4. The van der Waals surface area contributed by atoms with E-state index in [4.69, 9.17) is 13.8 Å². The van der Waals surface area contributed by atoms with Crippen LogP contribution in [0.4, 0.5) is 0 Å². The Kier molecular flexibility index (Phi) is 25.9. The van der Waals surface area contributed by atoms with E-state index in [0.717, 1.165) is 12.8 Å². The summed E-state index contributed by atoms with van der Waals surface area (Å²) in [6.45, 7) is 2.89. The molecular formula is C30H64NO6P. The summed E-state index contributed by atoms with van der Waals surface area (Å²) in [5.41, 5.74) is 0. The summed E-state index contributed by atoms with van der Waals surface area (Å²) in [6.07, 6.45) is 26.2. The van der Waals surface area contributed by atoms with Crippen LogP contribution in [-0.4, -0.2) is 69.8 Å². The van der Waals surface area contributed by atoms with Crippen molar-refractivity contribution >= 4 is 7.82 Å². The molecule has 0 aromatic carbocycles. The average molecular weight is 566 g/mol. The van der Waals surface area contributed by atoms with E-state index in [9.17, 15) is 14.6 Å². The zero-order valence-corrected chi connectivity index (χ0v) is 26.5. The van der Waals surface area contributed by atoms with Gasteiger partial charge in [-0.25, -0.2) is 0 Å². The predicted molar refractivity (Wildman–Crippen MR) is 157 cm³/mol. The van der Waals surface area contributed by atoms with Crippen molar-refractivity contribution in [3.63, 3.8) is 0 Å². The van der Waals surface area contributed by atoms with Gasteiger partial charge in [0.2, 0.25) is 0 Å². The lowest BCUT2D eigenvalue weighted by molar-refractivity contribution is -0.870. The molecule has 0 rings (SSSR count). The SMILES string of the molecule is CCCCCCCCCCCCCCCCCCCCCCO[C@H](CO)COP(=O)([O-])OCC[N+](C)(C)C. The van der Waals surface area contributed by atoms with Gasteiger partial charge < -0.3 is 28.3 Å². The van der Waals surface area contributed by atoms with E-state index in [-0.39, 0.29) is 19.8 Å². The van der Waals surface area contributed by atoms with Crippen LogP contribution >= 0.6 is 7.82 Å². The molecule has 0 fully saturated rings. The van der Waals surface area contributed by atoms with Gasteiger partial charge in [-0.15, -0.1) is 0 Å². The second-order valence-electron chi connectivity index (χ2n) is 12.0. The largest absolute Gasteiger partial charge is 0.756 e. The van der Waals surface area contributed by atoms with Crippen molar-refractivity contribution in [1.82, 2.24) is 0 Å². The fourth-order valence-corrected chi connectivity index (χ4v) is 5.13. The van der Waals surface area contributed by atoms with E-state index in [2.05, 4.69) is 6.92 Å². The molecule has 0 bridgehead atoms. The van der Waals surface area contributed by atoms with E-state index < -0.39 is 13.9 Å². The van der Waals surface area contributed by atoms with Crippen LogP contribution in [0.2, 0.25) is 0 Å². The van der Waals surface area contributed by atoms with Crippen LogP contribution in [-0.2, 0) is 18.3 Å². The standard InChI is InChI=1S/C30H64NO6P/c1-5-6-7-8-9-10-11-12-13-14-15-16-17-18-19-20-21-22-23-24-26-35-30(28-32)29-37-38(33,34)36-27-25-31(2,3)4/h30,32H,5-29H2,1-4H3/t30-/m1/s1. The van der Waals surface area contributed by atoms with Crippen molar-refractivity contribution in [1.29, 1.82) is 0 Å². The van der Waals surface area contributed by atoms with Gasteiger partial charge in [-0.3, -0.25) is 4.57 Å². The molecule has 0 aromatic heterocycles. The summed E-state index contributed by atoms with van der Waals surface area (Å²) < 4.78 is 27.8. The summed E-state index contributed by atoms with van der Waals surface area (Å²) in [6, 6.07) is 0. The quantitative estimate of drug-likeness (QED) is 0.0555. The smallest absolute Gasteiger partial charge is 0.268 e. The van der Waals surface area contributed by atoms with Gasteiger partial charge in [0.05, 0.1) is 34.4 Å². The number of aliphatic hydroxyl groups excluding tert-OH is 1. The van der Waals surface area contributed by atoms with Crippen LogP contribution in [0.1, 0.15) is 135 Å². The summed E-state index contributed by atoms with van der Waals surface area (Å²) in [5.74, 6) is 0. The van der Waals surface area contributed by atoms with Crippen molar-refractivity contribution in [2.24, 2.45) is 0 Å². The molecule has 1 unspecified atom stereocenters. The maximum absolute atomic E-state index is 11.8.